The Balaban J connectivity index is 2.35. The number of benzene rings is 1. The molecule has 0 atom stereocenters. The Morgan fingerprint density at radius 3 is 2.79 bits per heavy atom. The predicted molar refractivity (Wildman–Crippen MR) is 83.8 cm³/mol. The van der Waals surface area contributed by atoms with Gasteiger partial charge in [-0.1, -0.05) is 29.8 Å². The summed E-state index contributed by atoms with van der Waals surface area (Å²) in [5.41, 5.74) is 10.9. The highest BCUT2D eigenvalue weighted by Gasteiger charge is 2.11. The van der Waals surface area contributed by atoms with E-state index in [2.05, 4.69) is 62.7 Å². The Morgan fingerprint density at radius 1 is 1.26 bits per heavy atom. The van der Waals surface area contributed by atoms with Gasteiger partial charge in [-0.2, -0.15) is 0 Å². The van der Waals surface area contributed by atoms with E-state index in [-0.39, 0.29) is 0 Å². The summed E-state index contributed by atoms with van der Waals surface area (Å²) in [6.45, 7) is 9.30. The second-order valence-corrected chi connectivity index (χ2v) is 5.27. The fourth-order valence-corrected chi connectivity index (χ4v) is 2.23. The predicted octanol–water partition coefficient (Wildman–Crippen LogP) is 4.58. The molecule has 2 rings (SSSR count). The number of nitrogens with zero attached hydrogens (tertiary/aromatic N) is 1. The smallest absolute Gasteiger partial charge is 0.0433 e. The minimum atomic E-state index is 0.915. The molecule has 1 aliphatic rings. The molecule has 0 bridgehead atoms. The third-order valence-corrected chi connectivity index (χ3v) is 3.37. The van der Waals surface area contributed by atoms with Crippen molar-refractivity contribution in [3.63, 3.8) is 0 Å². The molecule has 19 heavy (non-hydrogen) atoms. The highest BCUT2D eigenvalue weighted by molar-refractivity contribution is 6.01. The lowest BCUT2D eigenvalue weighted by atomic mass is 9.94. The van der Waals surface area contributed by atoms with Gasteiger partial charge in [0.05, 0.1) is 0 Å². The summed E-state index contributed by atoms with van der Waals surface area (Å²) >= 11 is 0. The Labute approximate surface area is 116 Å². The maximum Gasteiger partial charge on any atom is 0.0433 e. The van der Waals surface area contributed by atoms with Crippen LogP contribution in [0.1, 0.15) is 44.4 Å². The molecule has 1 nitrogen and oxygen atoms in total. The van der Waals surface area contributed by atoms with Crippen LogP contribution in [0.25, 0.3) is 5.57 Å². The number of hydrogen-bond acceptors (Lipinski definition) is 1. The number of hydrogen-bond donors (Lipinski definition) is 0. The summed E-state index contributed by atoms with van der Waals surface area (Å²) in [4.78, 5) is 4.50. The molecule has 0 radical (unpaired) electrons. The number of fused-ring (bicyclic) bond motifs is 1. The van der Waals surface area contributed by atoms with E-state index in [1.807, 2.05) is 6.08 Å². The minimum Gasteiger partial charge on any atom is -0.289 e. The van der Waals surface area contributed by atoms with Crippen molar-refractivity contribution >= 4 is 11.3 Å². The third-order valence-electron chi connectivity index (χ3n) is 3.37. The van der Waals surface area contributed by atoms with Gasteiger partial charge in [0, 0.05) is 12.3 Å². The highest BCUT2D eigenvalue weighted by Crippen LogP contribution is 2.21. The maximum atomic E-state index is 4.50. The molecule has 0 spiro atoms. The lowest BCUT2D eigenvalue weighted by molar-refractivity contribution is 0.941. The number of aliphatic imine (C=N–C) groups is 1. The largest absolute Gasteiger partial charge is 0.289 e. The first-order chi connectivity index (χ1) is 9.08. The van der Waals surface area contributed by atoms with Gasteiger partial charge in [0.15, 0.2) is 0 Å². The number of rotatable bonds is 2. The fraction of sp³-hybridized carbons (Fsp3) is 0.333. The zero-order valence-corrected chi connectivity index (χ0v) is 12.2. The summed E-state index contributed by atoms with van der Waals surface area (Å²) in [5.74, 6) is 0. The Morgan fingerprint density at radius 2 is 2.05 bits per heavy atom. The normalized spacial score (nSPS) is 12.9. The molecule has 0 saturated heterocycles. The van der Waals surface area contributed by atoms with Crippen molar-refractivity contribution in [2.24, 2.45) is 4.99 Å². The molecule has 0 aliphatic carbocycles. The van der Waals surface area contributed by atoms with E-state index in [9.17, 15) is 0 Å². The van der Waals surface area contributed by atoms with Crippen LogP contribution in [-0.4, -0.2) is 12.3 Å². The molecular weight excluding hydrogens is 230 g/mol. The van der Waals surface area contributed by atoms with Crippen LogP contribution in [0.15, 0.2) is 46.6 Å². The van der Waals surface area contributed by atoms with Crippen LogP contribution < -0.4 is 0 Å². The van der Waals surface area contributed by atoms with Crippen molar-refractivity contribution in [2.75, 3.05) is 6.54 Å². The quantitative estimate of drug-likeness (QED) is 0.539. The van der Waals surface area contributed by atoms with Crippen molar-refractivity contribution in [2.45, 2.75) is 34.1 Å². The summed E-state index contributed by atoms with van der Waals surface area (Å²) in [7, 11) is 0. The van der Waals surface area contributed by atoms with Crippen LogP contribution in [0.3, 0.4) is 0 Å². The highest BCUT2D eigenvalue weighted by atomic mass is 14.7. The molecule has 0 N–H and O–H groups in total. The summed E-state index contributed by atoms with van der Waals surface area (Å²) in [5, 5.41) is 0. The van der Waals surface area contributed by atoms with E-state index in [1.165, 1.54) is 27.8 Å². The number of allylic oxidation sites excluding steroid dienone is 3. The van der Waals surface area contributed by atoms with E-state index in [0.717, 1.165) is 18.7 Å². The monoisotopic (exact) mass is 251 g/mol. The van der Waals surface area contributed by atoms with Crippen LogP contribution in [-0.2, 0) is 6.42 Å². The van der Waals surface area contributed by atoms with Crippen molar-refractivity contribution in [3.8, 4) is 0 Å². The van der Waals surface area contributed by atoms with Crippen molar-refractivity contribution in [1.29, 1.82) is 0 Å². The van der Waals surface area contributed by atoms with Gasteiger partial charge in [-0.05, 0) is 62.5 Å². The molecule has 1 heterocycles. The lowest BCUT2D eigenvalue weighted by Gasteiger charge is -2.15. The van der Waals surface area contributed by atoms with Gasteiger partial charge in [-0.3, -0.25) is 4.99 Å². The first-order valence-electron chi connectivity index (χ1n) is 6.79. The lowest BCUT2D eigenvalue weighted by Crippen LogP contribution is -2.09. The average molecular weight is 251 g/mol. The van der Waals surface area contributed by atoms with Crippen LogP contribution in [0, 0.1) is 0 Å². The molecule has 0 unspecified atom stereocenters. The zero-order chi connectivity index (χ0) is 13.8. The van der Waals surface area contributed by atoms with Gasteiger partial charge < -0.3 is 0 Å². The van der Waals surface area contributed by atoms with Crippen molar-refractivity contribution < 1.29 is 0 Å². The standard InChI is InChI=1S/C18H21N/c1-13(2)6-5-7-14(3)16-8-9-18-15(4)19-11-10-17(18)12-16/h5-6,8-9,12H,10-11H2,1-4H3. The summed E-state index contributed by atoms with van der Waals surface area (Å²) in [6.07, 6.45) is 5.13. The molecule has 1 aromatic carbocycles. The van der Waals surface area contributed by atoms with Crippen LogP contribution in [0.2, 0.25) is 0 Å². The Kier molecular flexibility index (Phi) is 4.19. The summed E-state index contributed by atoms with van der Waals surface area (Å²) in [6, 6.07) is 6.64. The second kappa shape index (κ2) is 5.86. The average Bonchev–Trinajstić information content (AvgIpc) is 2.38. The SMILES string of the molecule is CC(=C=CC=C(C)C)c1ccc2c(c1)CCN=C2C. The van der Waals surface area contributed by atoms with Gasteiger partial charge in [0.2, 0.25) is 0 Å². The Bertz CT molecular complexity index is 605. The molecule has 1 heteroatoms. The maximum absolute atomic E-state index is 4.50. The van der Waals surface area contributed by atoms with Gasteiger partial charge in [0.1, 0.15) is 0 Å². The van der Waals surface area contributed by atoms with E-state index in [4.69, 9.17) is 0 Å². The van der Waals surface area contributed by atoms with Crippen molar-refractivity contribution in [1.82, 2.24) is 0 Å². The molecule has 98 valence electrons. The Hall–Kier alpha value is -1.85. The van der Waals surface area contributed by atoms with E-state index >= 15 is 0 Å². The van der Waals surface area contributed by atoms with Crippen LogP contribution in [0.5, 0.6) is 0 Å². The third kappa shape index (κ3) is 3.33. The van der Waals surface area contributed by atoms with Gasteiger partial charge in [0.25, 0.3) is 0 Å². The first-order valence-corrected chi connectivity index (χ1v) is 6.79. The van der Waals surface area contributed by atoms with Gasteiger partial charge >= 0.3 is 0 Å². The second-order valence-electron chi connectivity index (χ2n) is 5.27. The van der Waals surface area contributed by atoms with Crippen LogP contribution in [0.4, 0.5) is 0 Å². The molecule has 0 amide bonds. The molecular formula is C18H21N. The van der Waals surface area contributed by atoms with Crippen LogP contribution >= 0.6 is 0 Å². The summed E-state index contributed by atoms with van der Waals surface area (Å²) < 4.78 is 0. The van der Waals surface area contributed by atoms with E-state index in [1.54, 1.807) is 0 Å². The van der Waals surface area contributed by atoms with Crippen molar-refractivity contribution in [3.05, 3.63) is 58.3 Å². The van der Waals surface area contributed by atoms with Gasteiger partial charge in [-0.15, -0.1) is 5.73 Å². The first kappa shape index (κ1) is 13.6. The zero-order valence-electron chi connectivity index (χ0n) is 12.2. The van der Waals surface area contributed by atoms with E-state index < -0.39 is 0 Å². The van der Waals surface area contributed by atoms with Gasteiger partial charge in [-0.25, -0.2) is 0 Å². The minimum absolute atomic E-state index is 0.915. The molecule has 1 aromatic rings. The topological polar surface area (TPSA) is 12.4 Å². The fourth-order valence-electron chi connectivity index (χ4n) is 2.23. The molecule has 1 aliphatic heterocycles. The van der Waals surface area contributed by atoms with E-state index in [0.29, 0.717) is 0 Å². The molecule has 0 aromatic heterocycles. The molecule has 0 fully saturated rings. The molecule has 0 saturated carbocycles.